The number of benzene rings is 3. The molecule has 3 rings (SSSR count). The zero-order valence-electron chi connectivity index (χ0n) is 21.9. The zero-order valence-corrected chi connectivity index (χ0v) is 21.9. The zero-order chi connectivity index (χ0) is 25.6. The fourth-order valence-electron chi connectivity index (χ4n) is 4.66. The maximum atomic E-state index is 13.4. The van der Waals surface area contributed by atoms with Gasteiger partial charge in [0.05, 0.1) is 6.10 Å². The monoisotopic (exact) mass is 486 g/mol. The lowest BCUT2D eigenvalue weighted by molar-refractivity contribution is -0.125. The van der Waals surface area contributed by atoms with Crippen LogP contribution >= 0.6 is 0 Å². The van der Waals surface area contributed by atoms with Gasteiger partial charge in [0.15, 0.2) is 0 Å². The molecule has 0 saturated carbocycles. The Morgan fingerprint density at radius 3 is 1.81 bits per heavy atom. The van der Waals surface area contributed by atoms with Crippen LogP contribution in [0.2, 0.25) is 0 Å². The van der Waals surface area contributed by atoms with E-state index in [2.05, 4.69) is 53.5 Å². The molecule has 0 bridgehead atoms. The molecule has 0 radical (unpaired) electrons. The molecular formula is C32H42N2O2. The van der Waals surface area contributed by atoms with Crippen molar-refractivity contribution in [1.29, 1.82) is 0 Å². The largest absolute Gasteiger partial charge is 0.391 e. The van der Waals surface area contributed by atoms with Crippen LogP contribution in [0.4, 0.5) is 5.69 Å². The standard InChI is InChI=1S/C32H42N2O2/c1-3-4-5-6-7-10-15-27-20-22-30(23-21-27)33-32(36)31(26(2)35)34(24-28-16-11-8-12-17-28)25-29-18-13-9-14-19-29/h8-9,11-14,16-23,26,31,35H,3-7,10,15,24-25H2,1-2H3,(H,33,36)/t26-,31-/m0/s1. The quantitative estimate of drug-likeness (QED) is 0.228. The van der Waals surface area contributed by atoms with E-state index in [9.17, 15) is 9.90 Å². The summed E-state index contributed by atoms with van der Waals surface area (Å²) < 4.78 is 0. The summed E-state index contributed by atoms with van der Waals surface area (Å²) in [7, 11) is 0. The molecule has 2 atom stereocenters. The minimum atomic E-state index is -0.829. The van der Waals surface area contributed by atoms with Gasteiger partial charge in [-0.25, -0.2) is 0 Å². The molecule has 0 spiro atoms. The predicted octanol–water partition coefficient (Wildman–Crippen LogP) is 6.98. The van der Waals surface area contributed by atoms with Crippen LogP contribution in [0.1, 0.15) is 69.1 Å². The summed E-state index contributed by atoms with van der Waals surface area (Å²) in [5.74, 6) is -0.194. The molecule has 0 aliphatic heterocycles. The molecule has 0 saturated heterocycles. The van der Waals surface area contributed by atoms with Gasteiger partial charge in [0.25, 0.3) is 0 Å². The minimum Gasteiger partial charge on any atom is -0.391 e. The molecule has 4 nitrogen and oxygen atoms in total. The third-order valence-electron chi connectivity index (χ3n) is 6.62. The number of carbonyl (C=O) groups is 1. The maximum absolute atomic E-state index is 13.4. The summed E-state index contributed by atoms with van der Waals surface area (Å²) in [4.78, 5) is 15.5. The van der Waals surface area contributed by atoms with Crippen LogP contribution in [0, 0.1) is 0 Å². The second-order valence-corrected chi connectivity index (χ2v) is 9.77. The number of nitrogens with zero attached hydrogens (tertiary/aromatic N) is 1. The summed E-state index contributed by atoms with van der Waals surface area (Å²) in [6, 6.07) is 27.7. The SMILES string of the molecule is CCCCCCCCc1ccc(NC(=O)[C@H]([C@H](C)O)N(Cc2ccccc2)Cc2ccccc2)cc1. The number of hydrogen-bond donors (Lipinski definition) is 2. The molecule has 0 aliphatic rings. The van der Waals surface area contributed by atoms with Crippen molar-refractivity contribution in [3.63, 3.8) is 0 Å². The second kappa shape index (κ2) is 15.2. The van der Waals surface area contributed by atoms with Crippen molar-refractivity contribution in [2.24, 2.45) is 0 Å². The van der Waals surface area contributed by atoms with Crippen LogP contribution in [-0.4, -0.2) is 28.1 Å². The van der Waals surface area contributed by atoms with Crippen molar-refractivity contribution in [1.82, 2.24) is 4.90 Å². The first-order valence-corrected chi connectivity index (χ1v) is 13.5. The summed E-state index contributed by atoms with van der Waals surface area (Å²) in [5, 5.41) is 13.8. The molecule has 0 unspecified atom stereocenters. The molecule has 0 aromatic heterocycles. The molecule has 3 aromatic carbocycles. The number of nitrogens with one attached hydrogen (secondary N) is 1. The van der Waals surface area contributed by atoms with Crippen molar-refractivity contribution in [2.45, 2.75) is 84.0 Å². The first kappa shape index (κ1) is 27.6. The number of rotatable bonds is 15. The van der Waals surface area contributed by atoms with Crippen LogP contribution in [0.3, 0.4) is 0 Å². The third-order valence-corrected chi connectivity index (χ3v) is 6.62. The first-order valence-electron chi connectivity index (χ1n) is 13.5. The maximum Gasteiger partial charge on any atom is 0.244 e. The molecule has 36 heavy (non-hydrogen) atoms. The first-order chi connectivity index (χ1) is 17.6. The number of aliphatic hydroxyl groups excluding tert-OH is 1. The average Bonchev–Trinajstić information content (AvgIpc) is 2.88. The van der Waals surface area contributed by atoms with Crippen LogP contribution in [-0.2, 0) is 24.3 Å². The summed E-state index contributed by atoms with van der Waals surface area (Å²) in [5.41, 5.74) is 4.26. The Balaban J connectivity index is 1.65. The van der Waals surface area contributed by atoms with Crippen LogP contribution in [0.15, 0.2) is 84.9 Å². The lowest BCUT2D eigenvalue weighted by Crippen LogP contribution is -2.49. The molecule has 3 aromatic rings. The highest BCUT2D eigenvalue weighted by molar-refractivity contribution is 5.95. The lowest BCUT2D eigenvalue weighted by atomic mass is 10.0. The molecule has 0 aliphatic carbocycles. The van der Waals surface area contributed by atoms with Crippen molar-refractivity contribution in [2.75, 3.05) is 5.32 Å². The van der Waals surface area contributed by atoms with E-state index in [1.165, 1.54) is 44.1 Å². The average molecular weight is 487 g/mol. The van der Waals surface area contributed by atoms with Crippen molar-refractivity contribution in [3.8, 4) is 0 Å². The highest BCUT2D eigenvalue weighted by atomic mass is 16.3. The number of anilines is 1. The van der Waals surface area contributed by atoms with E-state index < -0.39 is 12.1 Å². The van der Waals surface area contributed by atoms with Gasteiger partial charge in [-0.2, -0.15) is 0 Å². The third kappa shape index (κ3) is 9.25. The van der Waals surface area contributed by atoms with E-state index in [-0.39, 0.29) is 5.91 Å². The van der Waals surface area contributed by atoms with Gasteiger partial charge in [-0.15, -0.1) is 0 Å². The molecule has 4 heteroatoms. The molecular weight excluding hydrogens is 444 g/mol. The smallest absolute Gasteiger partial charge is 0.244 e. The van der Waals surface area contributed by atoms with Crippen LogP contribution in [0.25, 0.3) is 0 Å². The summed E-state index contributed by atoms with van der Waals surface area (Å²) in [6.45, 7) is 5.07. The summed E-state index contributed by atoms with van der Waals surface area (Å²) in [6.07, 6.45) is 7.96. The van der Waals surface area contributed by atoms with Gasteiger partial charge in [-0.1, -0.05) is 112 Å². The lowest BCUT2D eigenvalue weighted by Gasteiger charge is -2.33. The van der Waals surface area contributed by atoms with E-state index in [4.69, 9.17) is 0 Å². The van der Waals surface area contributed by atoms with Crippen LogP contribution in [0.5, 0.6) is 0 Å². The Morgan fingerprint density at radius 1 is 0.750 bits per heavy atom. The number of carbonyl (C=O) groups excluding carboxylic acids is 1. The van der Waals surface area contributed by atoms with Gasteiger partial charge in [-0.05, 0) is 48.6 Å². The Hall–Kier alpha value is -2.95. The molecule has 192 valence electrons. The van der Waals surface area contributed by atoms with Gasteiger partial charge in [-0.3, -0.25) is 9.69 Å². The molecule has 0 fully saturated rings. The molecule has 1 amide bonds. The fourth-order valence-corrected chi connectivity index (χ4v) is 4.66. The highest BCUT2D eigenvalue weighted by Crippen LogP contribution is 2.19. The van der Waals surface area contributed by atoms with Gasteiger partial charge in [0, 0.05) is 18.8 Å². The van der Waals surface area contributed by atoms with Gasteiger partial charge >= 0.3 is 0 Å². The van der Waals surface area contributed by atoms with Crippen molar-refractivity contribution >= 4 is 11.6 Å². The number of unbranched alkanes of at least 4 members (excludes halogenated alkanes) is 5. The summed E-state index contributed by atoms with van der Waals surface area (Å²) >= 11 is 0. The van der Waals surface area contributed by atoms with Gasteiger partial charge in [0.2, 0.25) is 5.91 Å². The highest BCUT2D eigenvalue weighted by Gasteiger charge is 2.30. The van der Waals surface area contributed by atoms with Crippen LogP contribution < -0.4 is 5.32 Å². The predicted molar refractivity (Wildman–Crippen MR) is 150 cm³/mol. The Morgan fingerprint density at radius 2 is 1.28 bits per heavy atom. The Bertz CT molecular complexity index is 962. The van der Waals surface area contributed by atoms with E-state index >= 15 is 0 Å². The fraction of sp³-hybridized carbons (Fsp3) is 0.406. The molecule has 0 heterocycles. The second-order valence-electron chi connectivity index (χ2n) is 9.77. The van der Waals surface area contributed by atoms with Crippen molar-refractivity contribution in [3.05, 3.63) is 102 Å². The van der Waals surface area contributed by atoms with E-state index in [0.29, 0.717) is 13.1 Å². The van der Waals surface area contributed by atoms with E-state index in [0.717, 1.165) is 23.2 Å². The molecule has 2 N–H and O–H groups in total. The number of hydrogen-bond acceptors (Lipinski definition) is 3. The number of aliphatic hydroxyl groups is 1. The number of aryl methyl sites for hydroxylation is 1. The number of amides is 1. The Labute approximate surface area is 217 Å². The minimum absolute atomic E-state index is 0.194. The topological polar surface area (TPSA) is 52.6 Å². The van der Waals surface area contributed by atoms with E-state index in [1.54, 1.807) is 6.92 Å². The normalized spacial score (nSPS) is 12.9. The van der Waals surface area contributed by atoms with Gasteiger partial charge < -0.3 is 10.4 Å². The van der Waals surface area contributed by atoms with Crippen molar-refractivity contribution < 1.29 is 9.90 Å². The van der Waals surface area contributed by atoms with Gasteiger partial charge in [0.1, 0.15) is 6.04 Å². The Kier molecular flexibility index (Phi) is 11.7. The van der Waals surface area contributed by atoms with E-state index in [1.807, 2.05) is 48.5 Å².